The van der Waals surface area contributed by atoms with Gasteiger partial charge in [-0.2, -0.15) is 18.3 Å². The number of aromatic nitrogens is 2. The molecule has 126 valence electrons. The third-order valence-electron chi connectivity index (χ3n) is 3.46. The van der Waals surface area contributed by atoms with Gasteiger partial charge in [-0.1, -0.05) is 0 Å². The van der Waals surface area contributed by atoms with Crippen molar-refractivity contribution in [2.24, 2.45) is 5.73 Å². The van der Waals surface area contributed by atoms with Gasteiger partial charge in [-0.05, 0) is 25.2 Å². The maximum atomic E-state index is 13.4. The first kappa shape index (κ1) is 17.3. The van der Waals surface area contributed by atoms with Crippen LogP contribution in [-0.2, 0) is 12.7 Å². The molecular weight excluding hydrogens is 309 g/mol. The number of ether oxygens (including phenoxy) is 1. The van der Waals surface area contributed by atoms with Crippen LogP contribution in [0.2, 0.25) is 0 Å². The summed E-state index contributed by atoms with van der Waals surface area (Å²) in [5.41, 5.74) is 5.70. The Labute approximate surface area is 132 Å². The number of likely N-dealkylation sites (N-methyl/N-ethyl adjacent to an activating group) is 1. The van der Waals surface area contributed by atoms with Crippen molar-refractivity contribution in [3.63, 3.8) is 0 Å². The number of alkyl halides is 3. The molecule has 1 aromatic heterocycles. The second-order valence-electron chi connectivity index (χ2n) is 5.19. The quantitative estimate of drug-likeness (QED) is 0.855. The summed E-state index contributed by atoms with van der Waals surface area (Å²) in [6.07, 6.45) is -2.89. The zero-order valence-corrected chi connectivity index (χ0v) is 12.9. The fraction of sp³-hybridized carbons (Fsp3) is 0.400. The Balaban J connectivity index is 2.45. The lowest BCUT2D eigenvalue weighted by Crippen LogP contribution is -2.25. The molecule has 0 atom stereocenters. The number of nitrogens with two attached hydrogens (primary N) is 1. The summed E-state index contributed by atoms with van der Waals surface area (Å²) < 4.78 is 45.0. The molecule has 0 unspecified atom stereocenters. The number of hydrogen-bond donors (Lipinski definition) is 2. The summed E-state index contributed by atoms with van der Waals surface area (Å²) in [4.78, 5) is 1.92. The molecule has 0 aliphatic heterocycles. The highest BCUT2D eigenvalue weighted by Crippen LogP contribution is 2.39. The predicted octanol–water partition coefficient (Wildman–Crippen LogP) is 2.49. The minimum atomic E-state index is -4.50. The van der Waals surface area contributed by atoms with Gasteiger partial charge in [0.1, 0.15) is 5.75 Å². The molecular formula is C15H19F3N4O. The van der Waals surface area contributed by atoms with E-state index in [0.29, 0.717) is 25.2 Å². The topological polar surface area (TPSA) is 67.2 Å². The average Bonchev–Trinajstić information content (AvgIpc) is 2.93. The number of H-pyrrole nitrogens is 1. The van der Waals surface area contributed by atoms with E-state index in [2.05, 4.69) is 10.2 Å². The summed E-state index contributed by atoms with van der Waals surface area (Å²) in [7, 11) is 3.18. The summed E-state index contributed by atoms with van der Waals surface area (Å²) >= 11 is 0. The number of rotatable bonds is 6. The van der Waals surface area contributed by atoms with Crippen molar-refractivity contribution in [1.82, 2.24) is 15.1 Å². The number of hydrogen-bond acceptors (Lipinski definition) is 4. The third-order valence-corrected chi connectivity index (χ3v) is 3.46. The Kier molecular flexibility index (Phi) is 5.27. The highest BCUT2D eigenvalue weighted by molar-refractivity contribution is 5.68. The van der Waals surface area contributed by atoms with Crippen LogP contribution >= 0.6 is 0 Å². The maximum absolute atomic E-state index is 13.4. The third kappa shape index (κ3) is 4.02. The Hall–Kier alpha value is -2.06. The van der Waals surface area contributed by atoms with E-state index in [1.165, 1.54) is 19.2 Å². The van der Waals surface area contributed by atoms with Crippen LogP contribution in [0, 0.1) is 0 Å². The molecule has 2 rings (SSSR count). The average molecular weight is 328 g/mol. The van der Waals surface area contributed by atoms with Crippen molar-refractivity contribution in [2.45, 2.75) is 12.7 Å². The monoisotopic (exact) mass is 328 g/mol. The van der Waals surface area contributed by atoms with Gasteiger partial charge in [-0.15, -0.1) is 0 Å². The second-order valence-corrected chi connectivity index (χ2v) is 5.19. The van der Waals surface area contributed by atoms with Crippen molar-refractivity contribution in [2.75, 3.05) is 27.2 Å². The van der Waals surface area contributed by atoms with E-state index in [9.17, 15) is 13.2 Å². The molecule has 1 aromatic carbocycles. The standard InChI is InChI=1S/C15H19F3N4O/c1-22(6-5-19)9-10-8-20-21-14(10)12-4-3-11(23-2)7-13(12)15(16,17)18/h3-4,7-8H,5-6,9,19H2,1-2H3,(H,20,21). The molecule has 1 heterocycles. The second kappa shape index (κ2) is 7.01. The number of halogens is 3. The van der Waals surface area contributed by atoms with E-state index >= 15 is 0 Å². The molecule has 0 fully saturated rings. The lowest BCUT2D eigenvalue weighted by molar-refractivity contribution is -0.137. The molecule has 5 nitrogen and oxygen atoms in total. The van der Waals surface area contributed by atoms with Crippen LogP contribution in [0.5, 0.6) is 5.75 Å². The lowest BCUT2D eigenvalue weighted by Gasteiger charge is -2.17. The molecule has 23 heavy (non-hydrogen) atoms. The molecule has 8 heteroatoms. The van der Waals surface area contributed by atoms with Gasteiger partial charge >= 0.3 is 6.18 Å². The van der Waals surface area contributed by atoms with Crippen molar-refractivity contribution in [1.29, 1.82) is 0 Å². The van der Waals surface area contributed by atoms with E-state index in [0.717, 1.165) is 6.07 Å². The van der Waals surface area contributed by atoms with Crippen LogP contribution in [0.25, 0.3) is 11.3 Å². The highest BCUT2D eigenvalue weighted by atomic mass is 19.4. The van der Waals surface area contributed by atoms with Crippen molar-refractivity contribution in [3.05, 3.63) is 35.5 Å². The Morgan fingerprint density at radius 3 is 2.70 bits per heavy atom. The number of nitrogens with one attached hydrogen (secondary N) is 1. The smallest absolute Gasteiger partial charge is 0.417 e. The number of nitrogens with zero attached hydrogens (tertiary/aromatic N) is 2. The summed E-state index contributed by atoms with van der Waals surface area (Å²) in [6.45, 7) is 1.56. The van der Waals surface area contributed by atoms with Gasteiger partial charge in [0, 0.05) is 37.0 Å². The van der Waals surface area contributed by atoms with Crippen LogP contribution in [0.1, 0.15) is 11.1 Å². The maximum Gasteiger partial charge on any atom is 0.417 e. The Morgan fingerprint density at radius 1 is 1.35 bits per heavy atom. The van der Waals surface area contributed by atoms with Gasteiger partial charge < -0.3 is 15.4 Å². The van der Waals surface area contributed by atoms with E-state index in [4.69, 9.17) is 10.5 Å². The molecule has 0 amide bonds. The summed E-state index contributed by atoms with van der Waals surface area (Å²) in [6, 6.07) is 3.86. The zero-order chi connectivity index (χ0) is 17.0. The number of methoxy groups -OCH3 is 1. The van der Waals surface area contributed by atoms with Gasteiger partial charge in [0.05, 0.1) is 18.4 Å². The molecule has 0 spiro atoms. The molecule has 0 saturated carbocycles. The molecule has 2 aromatic rings. The fourth-order valence-corrected chi connectivity index (χ4v) is 2.35. The molecule has 0 aliphatic carbocycles. The summed E-state index contributed by atoms with van der Waals surface area (Å²) in [5.74, 6) is 0.151. The number of aromatic amines is 1. The van der Waals surface area contributed by atoms with Gasteiger partial charge in [0.2, 0.25) is 0 Å². The fourth-order valence-electron chi connectivity index (χ4n) is 2.35. The molecule has 0 saturated heterocycles. The Morgan fingerprint density at radius 2 is 2.09 bits per heavy atom. The normalized spacial score (nSPS) is 12.0. The number of benzene rings is 1. The molecule has 0 aliphatic rings. The predicted molar refractivity (Wildman–Crippen MR) is 81.0 cm³/mol. The first-order chi connectivity index (χ1) is 10.9. The van der Waals surface area contributed by atoms with Crippen molar-refractivity contribution < 1.29 is 17.9 Å². The van der Waals surface area contributed by atoms with Gasteiger partial charge in [-0.3, -0.25) is 5.10 Å². The first-order valence-electron chi connectivity index (χ1n) is 7.03. The lowest BCUT2D eigenvalue weighted by atomic mass is 10.0. The van der Waals surface area contributed by atoms with E-state index in [-0.39, 0.29) is 17.0 Å². The van der Waals surface area contributed by atoms with Crippen LogP contribution in [0.3, 0.4) is 0 Å². The molecule has 3 N–H and O–H groups in total. The summed E-state index contributed by atoms with van der Waals surface area (Å²) in [5, 5.41) is 6.65. The van der Waals surface area contributed by atoms with E-state index in [1.54, 1.807) is 6.20 Å². The van der Waals surface area contributed by atoms with E-state index in [1.807, 2.05) is 11.9 Å². The minimum Gasteiger partial charge on any atom is -0.497 e. The molecule has 0 bridgehead atoms. The Bertz CT molecular complexity index is 654. The largest absolute Gasteiger partial charge is 0.497 e. The van der Waals surface area contributed by atoms with Crippen LogP contribution in [-0.4, -0.2) is 42.3 Å². The van der Waals surface area contributed by atoms with Crippen LogP contribution in [0.15, 0.2) is 24.4 Å². The minimum absolute atomic E-state index is 0.0238. The first-order valence-corrected chi connectivity index (χ1v) is 7.03. The van der Waals surface area contributed by atoms with Crippen LogP contribution in [0.4, 0.5) is 13.2 Å². The highest BCUT2D eigenvalue weighted by Gasteiger charge is 2.35. The molecule has 0 radical (unpaired) electrons. The van der Waals surface area contributed by atoms with E-state index < -0.39 is 11.7 Å². The van der Waals surface area contributed by atoms with Gasteiger partial charge in [-0.25, -0.2) is 0 Å². The van der Waals surface area contributed by atoms with Crippen molar-refractivity contribution >= 4 is 0 Å². The van der Waals surface area contributed by atoms with Gasteiger partial charge in [0.15, 0.2) is 0 Å². The van der Waals surface area contributed by atoms with Crippen LogP contribution < -0.4 is 10.5 Å². The van der Waals surface area contributed by atoms with Crippen molar-refractivity contribution in [3.8, 4) is 17.0 Å². The zero-order valence-electron chi connectivity index (χ0n) is 12.9. The SMILES string of the molecule is COc1ccc(-c2n[nH]cc2CN(C)CCN)c(C(F)(F)F)c1. The van der Waals surface area contributed by atoms with Gasteiger partial charge in [0.25, 0.3) is 0 Å².